The SMILES string of the molecule is CC(C)=CCN1CCOC(C=C2c3ccccc3CCc3ccccc32)C1. The molecule has 1 aliphatic heterocycles. The summed E-state index contributed by atoms with van der Waals surface area (Å²) in [5.74, 6) is 0. The number of hydrogen-bond donors (Lipinski definition) is 0. The lowest BCUT2D eigenvalue weighted by molar-refractivity contribution is 0.00142. The molecule has 0 saturated carbocycles. The van der Waals surface area contributed by atoms with Gasteiger partial charge in [-0.2, -0.15) is 0 Å². The van der Waals surface area contributed by atoms with Crippen LogP contribution in [-0.2, 0) is 17.6 Å². The van der Waals surface area contributed by atoms with Crippen molar-refractivity contribution >= 4 is 5.57 Å². The highest BCUT2D eigenvalue weighted by Crippen LogP contribution is 2.34. The van der Waals surface area contributed by atoms with Gasteiger partial charge in [0.1, 0.15) is 0 Å². The van der Waals surface area contributed by atoms with E-state index >= 15 is 0 Å². The van der Waals surface area contributed by atoms with Crippen LogP contribution >= 0.6 is 0 Å². The smallest absolute Gasteiger partial charge is 0.0892 e. The maximum Gasteiger partial charge on any atom is 0.0892 e. The first kappa shape index (κ1) is 18.2. The van der Waals surface area contributed by atoms with Crippen LogP contribution in [0.4, 0.5) is 0 Å². The van der Waals surface area contributed by atoms with Crippen molar-refractivity contribution < 1.29 is 4.74 Å². The molecule has 0 amide bonds. The van der Waals surface area contributed by atoms with Crippen LogP contribution in [0.25, 0.3) is 5.57 Å². The number of nitrogens with zero attached hydrogens (tertiary/aromatic N) is 1. The van der Waals surface area contributed by atoms with Crippen molar-refractivity contribution in [3.63, 3.8) is 0 Å². The van der Waals surface area contributed by atoms with Crippen LogP contribution in [0.1, 0.15) is 36.1 Å². The molecule has 1 heterocycles. The van der Waals surface area contributed by atoms with E-state index in [0.29, 0.717) is 0 Å². The van der Waals surface area contributed by atoms with E-state index in [2.05, 4.69) is 79.4 Å². The van der Waals surface area contributed by atoms with E-state index in [0.717, 1.165) is 39.1 Å². The van der Waals surface area contributed by atoms with E-state index in [9.17, 15) is 0 Å². The van der Waals surface area contributed by atoms with Crippen molar-refractivity contribution in [1.82, 2.24) is 4.90 Å². The van der Waals surface area contributed by atoms with Crippen molar-refractivity contribution in [3.8, 4) is 0 Å². The predicted molar refractivity (Wildman–Crippen MR) is 113 cm³/mol. The fourth-order valence-corrected chi connectivity index (χ4v) is 4.09. The van der Waals surface area contributed by atoms with Crippen LogP contribution in [0.2, 0.25) is 0 Å². The Labute approximate surface area is 163 Å². The number of fused-ring (bicyclic) bond motifs is 2. The number of allylic oxidation sites excluding steroid dienone is 1. The maximum atomic E-state index is 6.15. The Balaban J connectivity index is 1.68. The summed E-state index contributed by atoms with van der Waals surface area (Å²) in [4.78, 5) is 2.49. The van der Waals surface area contributed by atoms with E-state index in [4.69, 9.17) is 4.74 Å². The normalized spacial score (nSPS) is 19.6. The van der Waals surface area contributed by atoms with Crippen molar-refractivity contribution in [3.05, 3.63) is 88.5 Å². The summed E-state index contributed by atoms with van der Waals surface area (Å²) in [6, 6.07) is 17.7. The van der Waals surface area contributed by atoms with Crippen molar-refractivity contribution in [2.24, 2.45) is 0 Å². The highest BCUT2D eigenvalue weighted by atomic mass is 16.5. The lowest BCUT2D eigenvalue weighted by atomic mass is 9.92. The zero-order valence-corrected chi connectivity index (χ0v) is 16.4. The van der Waals surface area contributed by atoms with Gasteiger partial charge in [-0.3, -0.25) is 4.90 Å². The summed E-state index contributed by atoms with van der Waals surface area (Å²) in [6.45, 7) is 8.11. The second-order valence-corrected chi connectivity index (χ2v) is 7.84. The molecule has 2 aromatic rings. The first-order chi connectivity index (χ1) is 13.2. The molecule has 2 aromatic carbocycles. The Hall–Kier alpha value is -2.16. The molecule has 1 fully saturated rings. The van der Waals surface area contributed by atoms with Gasteiger partial charge in [0.2, 0.25) is 0 Å². The molecule has 0 radical (unpaired) electrons. The van der Waals surface area contributed by atoms with Crippen molar-refractivity contribution in [2.75, 3.05) is 26.2 Å². The van der Waals surface area contributed by atoms with Gasteiger partial charge in [0.25, 0.3) is 0 Å². The molecule has 0 bridgehead atoms. The van der Waals surface area contributed by atoms with Gasteiger partial charge in [-0.05, 0) is 60.6 Å². The van der Waals surface area contributed by atoms with Gasteiger partial charge in [0.05, 0.1) is 12.7 Å². The van der Waals surface area contributed by atoms with Crippen LogP contribution in [0.15, 0.2) is 66.3 Å². The van der Waals surface area contributed by atoms with E-state index in [-0.39, 0.29) is 6.10 Å². The summed E-state index contributed by atoms with van der Waals surface area (Å²) >= 11 is 0. The van der Waals surface area contributed by atoms with Gasteiger partial charge < -0.3 is 4.74 Å². The molecule has 1 aliphatic carbocycles. The van der Waals surface area contributed by atoms with E-state index in [1.807, 2.05) is 0 Å². The Morgan fingerprint density at radius 1 is 1.00 bits per heavy atom. The minimum absolute atomic E-state index is 0.138. The molecule has 2 aliphatic rings. The van der Waals surface area contributed by atoms with Gasteiger partial charge in [0.15, 0.2) is 0 Å². The molecule has 27 heavy (non-hydrogen) atoms. The highest BCUT2D eigenvalue weighted by Gasteiger charge is 2.22. The number of benzene rings is 2. The minimum Gasteiger partial charge on any atom is -0.371 e. The summed E-state index contributed by atoms with van der Waals surface area (Å²) in [5.41, 5.74) is 8.34. The van der Waals surface area contributed by atoms with E-state index in [1.165, 1.54) is 33.4 Å². The molecule has 0 spiro atoms. The zero-order valence-electron chi connectivity index (χ0n) is 16.4. The summed E-state index contributed by atoms with van der Waals surface area (Å²) < 4.78 is 6.15. The van der Waals surface area contributed by atoms with Gasteiger partial charge in [-0.25, -0.2) is 0 Å². The van der Waals surface area contributed by atoms with E-state index < -0.39 is 0 Å². The third-order valence-corrected chi connectivity index (χ3v) is 5.57. The fourth-order valence-electron chi connectivity index (χ4n) is 4.09. The molecule has 1 unspecified atom stereocenters. The molecule has 4 rings (SSSR count). The van der Waals surface area contributed by atoms with Crippen LogP contribution in [0, 0.1) is 0 Å². The first-order valence-corrected chi connectivity index (χ1v) is 10.1. The molecule has 0 N–H and O–H groups in total. The van der Waals surface area contributed by atoms with Crippen molar-refractivity contribution in [2.45, 2.75) is 32.8 Å². The molecule has 0 aromatic heterocycles. The van der Waals surface area contributed by atoms with Crippen LogP contribution < -0.4 is 0 Å². The number of ether oxygens (including phenoxy) is 1. The topological polar surface area (TPSA) is 12.5 Å². The lowest BCUT2D eigenvalue weighted by Crippen LogP contribution is -2.41. The van der Waals surface area contributed by atoms with Crippen LogP contribution in [0.5, 0.6) is 0 Å². The molecule has 2 nitrogen and oxygen atoms in total. The molecule has 2 heteroatoms. The summed E-state index contributed by atoms with van der Waals surface area (Å²) in [5, 5.41) is 0. The Morgan fingerprint density at radius 3 is 2.26 bits per heavy atom. The second-order valence-electron chi connectivity index (χ2n) is 7.84. The number of morpholine rings is 1. The lowest BCUT2D eigenvalue weighted by Gasteiger charge is -2.31. The number of rotatable bonds is 3. The Kier molecular flexibility index (Phi) is 5.56. The Morgan fingerprint density at radius 2 is 1.63 bits per heavy atom. The molecule has 1 saturated heterocycles. The van der Waals surface area contributed by atoms with Gasteiger partial charge in [-0.1, -0.05) is 60.2 Å². The number of hydrogen-bond acceptors (Lipinski definition) is 2. The van der Waals surface area contributed by atoms with Gasteiger partial charge >= 0.3 is 0 Å². The molecule has 1 atom stereocenters. The standard InChI is InChI=1S/C25H29NO/c1-19(2)13-14-26-15-16-27-22(18-26)17-25-23-9-5-3-7-20(23)11-12-21-8-4-6-10-24(21)25/h3-10,13,17,22H,11-12,14-16,18H2,1-2H3. The third kappa shape index (κ3) is 4.23. The average Bonchev–Trinajstić information content (AvgIpc) is 2.85. The monoisotopic (exact) mass is 359 g/mol. The van der Waals surface area contributed by atoms with Crippen LogP contribution in [-0.4, -0.2) is 37.2 Å². The summed E-state index contributed by atoms with van der Waals surface area (Å²) in [7, 11) is 0. The minimum atomic E-state index is 0.138. The second kappa shape index (κ2) is 8.24. The van der Waals surface area contributed by atoms with Gasteiger partial charge in [-0.15, -0.1) is 0 Å². The maximum absolute atomic E-state index is 6.15. The van der Waals surface area contributed by atoms with E-state index in [1.54, 1.807) is 0 Å². The zero-order chi connectivity index (χ0) is 18.6. The first-order valence-electron chi connectivity index (χ1n) is 10.1. The molecular weight excluding hydrogens is 330 g/mol. The largest absolute Gasteiger partial charge is 0.371 e. The quantitative estimate of drug-likeness (QED) is 0.724. The number of aryl methyl sites for hydroxylation is 2. The predicted octanol–water partition coefficient (Wildman–Crippen LogP) is 4.88. The highest BCUT2D eigenvalue weighted by molar-refractivity contribution is 5.84. The van der Waals surface area contributed by atoms with Crippen molar-refractivity contribution in [1.29, 1.82) is 0 Å². The average molecular weight is 360 g/mol. The molecular formula is C25H29NO. The van der Waals surface area contributed by atoms with Gasteiger partial charge in [0, 0.05) is 19.6 Å². The van der Waals surface area contributed by atoms with Crippen LogP contribution in [0.3, 0.4) is 0 Å². The Bertz CT molecular complexity index is 811. The molecule has 140 valence electrons. The summed E-state index contributed by atoms with van der Waals surface area (Å²) in [6.07, 6.45) is 7.02. The third-order valence-electron chi connectivity index (χ3n) is 5.57. The fraction of sp³-hybridized carbons (Fsp3) is 0.360.